The first-order chi connectivity index (χ1) is 9.29. The molecule has 104 valence electrons. The van der Waals surface area contributed by atoms with Crippen molar-refractivity contribution in [2.75, 3.05) is 32.8 Å². The number of nitrogens with one attached hydrogen (secondary N) is 1. The molecule has 19 heavy (non-hydrogen) atoms. The third-order valence-electron chi connectivity index (χ3n) is 3.34. The van der Waals surface area contributed by atoms with Gasteiger partial charge in [0.2, 0.25) is 0 Å². The highest BCUT2D eigenvalue weighted by Gasteiger charge is 2.25. The summed E-state index contributed by atoms with van der Waals surface area (Å²) >= 11 is 0. The van der Waals surface area contributed by atoms with Gasteiger partial charge >= 0.3 is 5.97 Å². The molecule has 1 aromatic rings. The number of carbonyl (C=O) groups is 1. The monoisotopic (exact) mass is 262 g/mol. The summed E-state index contributed by atoms with van der Waals surface area (Å²) in [6.45, 7) is 6.55. The van der Waals surface area contributed by atoms with Crippen molar-refractivity contribution in [1.82, 2.24) is 10.2 Å². The van der Waals surface area contributed by atoms with Crippen LogP contribution >= 0.6 is 0 Å². The fourth-order valence-corrected chi connectivity index (χ4v) is 2.38. The smallest absolute Gasteiger partial charge is 0.311 e. The second-order valence-electron chi connectivity index (χ2n) is 4.87. The third kappa shape index (κ3) is 4.33. The largest absolute Gasteiger partial charge is 0.466 e. The summed E-state index contributed by atoms with van der Waals surface area (Å²) in [5.41, 5.74) is 1.28. The van der Waals surface area contributed by atoms with Gasteiger partial charge in [0.15, 0.2) is 0 Å². The molecule has 2 rings (SSSR count). The first-order valence-electron chi connectivity index (χ1n) is 6.93. The lowest BCUT2D eigenvalue weighted by atomic mass is 10.1. The van der Waals surface area contributed by atoms with E-state index in [1.54, 1.807) is 0 Å². The van der Waals surface area contributed by atoms with E-state index in [0.29, 0.717) is 13.2 Å². The Balaban J connectivity index is 1.94. The second-order valence-corrected chi connectivity index (χ2v) is 4.87. The zero-order chi connectivity index (χ0) is 13.5. The zero-order valence-electron chi connectivity index (χ0n) is 11.5. The Morgan fingerprint density at radius 2 is 2.21 bits per heavy atom. The molecule has 0 spiro atoms. The molecule has 0 bridgehead atoms. The number of rotatable bonds is 4. The number of carbonyl (C=O) groups excluding carboxylic acids is 1. The van der Waals surface area contributed by atoms with Crippen molar-refractivity contribution < 1.29 is 9.53 Å². The maximum Gasteiger partial charge on any atom is 0.311 e. The van der Waals surface area contributed by atoms with E-state index in [-0.39, 0.29) is 11.9 Å². The lowest BCUT2D eigenvalue weighted by molar-refractivity contribution is -0.148. The molecule has 1 fully saturated rings. The highest BCUT2D eigenvalue weighted by Crippen LogP contribution is 2.10. The molecule has 0 saturated carbocycles. The quantitative estimate of drug-likeness (QED) is 0.830. The minimum absolute atomic E-state index is 0.0637. The van der Waals surface area contributed by atoms with Gasteiger partial charge in [0.25, 0.3) is 0 Å². The minimum atomic E-state index is -0.0880. The molecule has 1 saturated heterocycles. The number of hydrogen-bond donors (Lipinski definition) is 1. The Bertz CT molecular complexity index is 394. The van der Waals surface area contributed by atoms with Crippen LogP contribution < -0.4 is 5.32 Å². The summed E-state index contributed by atoms with van der Waals surface area (Å²) in [5.74, 6) is -0.152. The van der Waals surface area contributed by atoms with E-state index >= 15 is 0 Å². The summed E-state index contributed by atoms with van der Waals surface area (Å²) in [7, 11) is 0. The lowest BCUT2D eigenvalue weighted by Crippen LogP contribution is -2.34. The van der Waals surface area contributed by atoms with Crippen LogP contribution in [-0.4, -0.2) is 43.7 Å². The van der Waals surface area contributed by atoms with E-state index in [1.165, 1.54) is 5.56 Å². The molecule has 1 heterocycles. The summed E-state index contributed by atoms with van der Waals surface area (Å²) < 4.78 is 5.13. The predicted octanol–water partition coefficient (Wildman–Crippen LogP) is 1.27. The Kier molecular flexibility index (Phi) is 5.36. The molecule has 0 aromatic heterocycles. The van der Waals surface area contributed by atoms with Crippen LogP contribution in [0.15, 0.2) is 30.3 Å². The number of hydrogen-bond acceptors (Lipinski definition) is 4. The van der Waals surface area contributed by atoms with Crippen LogP contribution in [0.5, 0.6) is 0 Å². The van der Waals surface area contributed by atoms with Crippen molar-refractivity contribution in [3.63, 3.8) is 0 Å². The first-order valence-corrected chi connectivity index (χ1v) is 6.93. The van der Waals surface area contributed by atoms with Gasteiger partial charge in [-0.3, -0.25) is 9.69 Å². The number of ether oxygens (including phenoxy) is 1. The molecule has 0 amide bonds. The van der Waals surface area contributed by atoms with Gasteiger partial charge in [0.1, 0.15) is 0 Å². The fourth-order valence-electron chi connectivity index (χ4n) is 2.38. The van der Waals surface area contributed by atoms with Crippen LogP contribution in [0.4, 0.5) is 0 Å². The normalized spacial score (nSPS) is 20.8. The molecular formula is C15H22N2O2. The Labute approximate surface area is 114 Å². The van der Waals surface area contributed by atoms with E-state index < -0.39 is 0 Å². The van der Waals surface area contributed by atoms with Gasteiger partial charge in [-0.05, 0) is 12.5 Å². The van der Waals surface area contributed by atoms with Crippen molar-refractivity contribution in [2.45, 2.75) is 13.5 Å². The Hall–Kier alpha value is -1.39. The fraction of sp³-hybridized carbons (Fsp3) is 0.533. The van der Waals surface area contributed by atoms with Gasteiger partial charge in [0, 0.05) is 32.7 Å². The van der Waals surface area contributed by atoms with Crippen LogP contribution in [0.3, 0.4) is 0 Å². The molecular weight excluding hydrogens is 240 g/mol. The van der Waals surface area contributed by atoms with E-state index in [1.807, 2.05) is 25.1 Å². The van der Waals surface area contributed by atoms with Crippen LogP contribution in [0, 0.1) is 5.92 Å². The summed E-state index contributed by atoms with van der Waals surface area (Å²) in [5, 5.41) is 3.31. The lowest BCUT2D eigenvalue weighted by Gasteiger charge is -2.22. The van der Waals surface area contributed by atoms with E-state index in [0.717, 1.165) is 26.2 Å². The minimum Gasteiger partial charge on any atom is -0.466 e. The standard InChI is InChI=1S/C15H22N2O2/c1-2-19-15(18)14-10-16-8-9-17(12-14)11-13-6-4-3-5-7-13/h3-7,14,16H,2,8-12H2,1H3. The predicted molar refractivity (Wildman–Crippen MR) is 74.7 cm³/mol. The number of esters is 1. The topological polar surface area (TPSA) is 41.6 Å². The van der Waals surface area contributed by atoms with Crippen molar-refractivity contribution >= 4 is 5.97 Å². The maximum atomic E-state index is 11.9. The molecule has 4 nitrogen and oxygen atoms in total. The maximum absolute atomic E-state index is 11.9. The number of nitrogens with zero attached hydrogens (tertiary/aromatic N) is 1. The second kappa shape index (κ2) is 7.26. The van der Waals surface area contributed by atoms with Gasteiger partial charge < -0.3 is 10.1 Å². The summed E-state index contributed by atoms with van der Waals surface area (Å²) in [6, 6.07) is 10.4. The molecule has 1 aliphatic rings. The molecule has 1 aromatic carbocycles. The molecule has 1 unspecified atom stereocenters. The molecule has 1 N–H and O–H groups in total. The number of benzene rings is 1. The Morgan fingerprint density at radius 3 is 2.95 bits per heavy atom. The van der Waals surface area contributed by atoms with Crippen LogP contribution in [0.25, 0.3) is 0 Å². The highest BCUT2D eigenvalue weighted by molar-refractivity contribution is 5.73. The van der Waals surface area contributed by atoms with Crippen molar-refractivity contribution in [3.8, 4) is 0 Å². The average molecular weight is 262 g/mol. The molecule has 1 atom stereocenters. The summed E-state index contributed by atoms with van der Waals surface area (Å²) in [4.78, 5) is 14.2. The van der Waals surface area contributed by atoms with E-state index in [4.69, 9.17) is 4.74 Å². The first kappa shape index (κ1) is 14.0. The van der Waals surface area contributed by atoms with Gasteiger partial charge in [-0.1, -0.05) is 30.3 Å². The van der Waals surface area contributed by atoms with Crippen molar-refractivity contribution in [3.05, 3.63) is 35.9 Å². The molecule has 0 aliphatic carbocycles. The summed E-state index contributed by atoms with van der Waals surface area (Å²) in [6.07, 6.45) is 0. The molecule has 0 radical (unpaired) electrons. The highest BCUT2D eigenvalue weighted by atomic mass is 16.5. The van der Waals surface area contributed by atoms with E-state index in [2.05, 4.69) is 22.3 Å². The van der Waals surface area contributed by atoms with Gasteiger partial charge in [0.05, 0.1) is 12.5 Å². The Morgan fingerprint density at radius 1 is 1.42 bits per heavy atom. The average Bonchev–Trinajstić information content (AvgIpc) is 2.66. The van der Waals surface area contributed by atoms with Gasteiger partial charge in [-0.15, -0.1) is 0 Å². The van der Waals surface area contributed by atoms with Crippen molar-refractivity contribution in [2.24, 2.45) is 5.92 Å². The van der Waals surface area contributed by atoms with Gasteiger partial charge in [-0.25, -0.2) is 0 Å². The third-order valence-corrected chi connectivity index (χ3v) is 3.34. The van der Waals surface area contributed by atoms with Crippen LogP contribution in [-0.2, 0) is 16.1 Å². The molecule has 1 aliphatic heterocycles. The van der Waals surface area contributed by atoms with Crippen molar-refractivity contribution in [1.29, 1.82) is 0 Å². The SMILES string of the molecule is CCOC(=O)C1CNCCN(Cc2ccccc2)C1. The van der Waals surface area contributed by atoms with Crippen LogP contribution in [0.1, 0.15) is 12.5 Å². The zero-order valence-corrected chi connectivity index (χ0v) is 11.5. The van der Waals surface area contributed by atoms with Gasteiger partial charge in [-0.2, -0.15) is 0 Å². The van der Waals surface area contributed by atoms with Crippen LogP contribution in [0.2, 0.25) is 0 Å². The van der Waals surface area contributed by atoms with E-state index in [9.17, 15) is 4.79 Å². The molecule has 4 heteroatoms.